The summed E-state index contributed by atoms with van der Waals surface area (Å²) in [5.41, 5.74) is 2.82. The lowest BCUT2D eigenvalue weighted by Crippen LogP contribution is -2.12. The van der Waals surface area contributed by atoms with E-state index < -0.39 is 10.0 Å². The van der Waals surface area contributed by atoms with Gasteiger partial charge in [0.15, 0.2) is 0 Å². The molecule has 3 aromatic rings. The molecule has 1 N–H and O–H groups in total. The molecule has 128 valence electrons. The van der Waals surface area contributed by atoms with Gasteiger partial charge >= 0.3 is 0 Å². The molecule has 4 nitrogen and oxygen atoms in total. The van der Waals surface area contributed by atoms with Gasteiger partial charge in [0.05, 0.1) is 4.90 Å². The van der Waals surface area contributed by atoms with Crippen LogP contribution in [0.4, 0.5) is 5.69 Å². The number of hydrogen-bond acceptors (Lipinski definition) is 4. The molecule has 0 bridgehead atoms. The third kappa shape index (κ3) is 4.61. The fourth-order valence-corrected chi connectivity index (χ4v) is 3.86. The lowest BCUT2D eigenvalue weighted by atomic mass is 10.1. The SMILES string of the molecule is CSc1ccc(S(=O)(=O)Nc2ccc(Cc3ccncc3)cc2)cc1. The Morgan fingerprint density at radius 3 is 2.08 bits per heavy atom. The van der Waals surface area contributed by atoms with Crippen molar-refractivity contribution in [1.29, 1.82) is 0 Å². The van der Waals surface area contributed by atoms with Crippen LogP contribution in [-0.4, -0.2) is 19.7 Å². The first kappa shape index (κ1) is 17.5. The molecule has 0 amide bonds. The number of hydrogen-bond donors (Lipinski definition) is 1. The number of rotatable bonds is 6. The van der Waals surface area contributed by atoms with Gasteiger partial charge < -0.3 is 0 Å². The number of nitrogens with zero attached hydrogens (tertiary/aromatic N) is 1. The summed E-state index contributed by atoms with van der Waals surface area (Å²) >= 11 is 1.58. The second-order valence-corrected chi connectivity index (χ2v) is 8.07. The van der Waals surface area contributed by atoms with Crippen LogP contribution in [0.15, 0.2) is 82.8 Å². The number of thioether (sulfide) groups is 1. The molecular formula is C19H18N2O2S2. The Balaban J connectivity index is 1.71. The van der Waals surface area contributed by atoms with Gasteiger partial charge in [0.25, 0.3) is 10.0 Å². The minimum Gasteiger partial charge on any atom is -0.280 e. The number of benzene rings is 2. The Morgan fingerprint density at radius 2 is 1.48 bits per heavy atom. The Kier molecular flexibility index (Phi) is 5.40. The molecule has 0 fully saturated rings. The van der Waals surface area contributed by atoms with Crippen molar-refractivity contribution in [2.45, 2.75) is 16.2 Å². The minimum atomic E-state index is -3.58. The van der Waals surface area contributed by atoms with E-state index >= 15 is 0 Å². The minimum absolute atomic E-state index is 0.256. The third-order valence-corrected chi connectivity index (χ3v) is 5.87. The molecule has 0 spiro atoms. The van der Waals surface area contributed by atoms with Crippen molar-refractivity contribution in [2.75, 3.05) is 11.0 Å². The zero-order chi connectivity index (χ0) is 17.7. The molecule has 0 aliphatic carbocycles. The average Bonchev–Trinajstić information content (AvgIpc) is 2.64. The van der Waals surface area contributed by atoms with Crippen molar-refractivity contribution in [2.24, 2.45) is 0 Å². The Morgan fingerprint density at radius 1 is 0.880 bits per heavy atom. The lowest BCUT2D eigenvalue weighted by Gasteiger charge is -2.09. The van der Waals surface area contributed by atoms with E-state index in [0.717, 1.165) is 22.4 Å². The van der Waals surface area contributed by atoms with Crippen LogP contribution in [0, 0.1) is 0 Å². The molecule has 0 aliphatic heterocycles. The Bertz CT molecular complexity index is 923. The van der Waals surface area contributed by atoms with Gasteiger partial charge in [-0.3, -0.25) is 9.71 Å². The molecule has 0 saturated carbocycles. The van der Waals surface area contributed by atoms with Gasteiger partial charge in [-0.15, -0.1) is 11.8 Å². The van der Waals surface area contributed by atoms with Crippen molar-refractivity contribution in [3.05, 3.63) is 84.2 Å². The summed E-state index contributed by atoms with van der Waals surface area (Å²) in [4.78, 5) is 5.29. The molecule has 6 heteroatoms. The number of anilines is 1. The maximum atomic E-state index is 12.5. The molecule has 2 aromatic carbocycles. The third-order valence-electron chi connectivity index (χ3n) is 3.73. The van der Waals surface area contributed by atoms with E-state index in [1.807, 2.05) is 30.5 Å². The van der Waals surface area contributed by atoms with Crippen molar-refractivity contribution < 1.29 is 8.42 Å². The standard InChI is InChI=1S/C19H18N2O2S2/c1-24-18-6-8-19(9-7-18)25(22,23)21-17-4-2-15(3-5-17)14-16-10-12-20-13-11-16/h2-13,21H,14H2,1H3. The Labute approximate surface area is 152 Å². The van der Waals surface area contributed by atoms with Gasteiger partial charge in [0.1, 0.15) is 0 Å². The van der Waals surface area contributed by atoms with Crippen LogP contribution in [0.5, 0.6) is 0 Å². The first-order valence-corrected chi connectivity index (χ1v) is 10.4. The normalized spacial score (nSPS) is 11.2. The van der Waals surface area contributed by atoms with E-state index in [4.69, 9.17) is 0 Å². The van der Waals surface area contributed by atoms with Crippen LogP contribution in [0.1, 0.15) is 11.1 Å². The second kappa shape index (κ2) is 7.72. The first-order chi connectivity index (χ1) is 12.1. The summed E-state index contributed by atoms with van der Waals surface area (Å²) in [6.07, 6.45) is 6.27. The molecule has 0 radical (unpaired) electrons. The van der Waals surface area contributed by atoms with Crippen LogP contribution in [0.2, 0.25) is 0 Å². The molecule has 3 rings (SSSR count). The van der Waals surface area contributed by atoms with Crippen molar-refractivity contribution in [3.63, 3.8) is 0 Å². The van der Waals surface area contributed by atoms with E-state index in [0.29, 0.717) is 5.69 Å². The van der Waals surface area contributed by atoms with Crippen LogP contribution >= 0.6 is 11.8 Å². The number of sulfonamides is 1. The summed E-state index contributed by atoms with van der Waals surface area (Å²) in [6.45, 7) is 0. The van der Waals surface area contributed by atoms with E-state index in [2.05, 4.69) is 9.71 Å². The maximum absolute atomic E-state index is 12.5. The molecule has 0 aliphatic rings. The van der Waals surface area contributed by atoms with Crippen molar-refractivity contribution in [3.8, 4) is 0 Å². The van der Waals surface area contributed by atoms with E-state index in [-0.39, 0.29) is 4.90 Å². The van der Waals surface area contributed by atoms with Crippen LogP contribution < -0.4 is 4.72 Å². The van der Waals surface area contributed by atoms with Gasteiger partial charge in [-0.05, 0) is 72.3 Å². The summed E-state index contributed by atoms with van der Waals surface area (Å²) in [6, 6.07) is 18.2. The molecular weight excluding hydrogens is 352 g/mol. The van der Waals surface area contributed by atoms with Gasteiger partial charge in [-0.2, -0.15) is 0 Å². The first-order valence-electron chi connectivity index (χ1n) is 7.71. The average molecular weight is 370 g/mol. The van der Waals surface area contributed by atoms with E-state index in [1.54, 1.807) is 60.6 Å². The summed E-state index contributed by atoms with van der Waals surface area (Å²) in [7, 11) is -3.58. The van der Waals surface area contributed by atoms with Gasteiger partial charge in [-0.1, -0.05) is 12.1 Å². The number of pyridine rings is 1. The van der Waals surface area contributed by atoms with Gasteiger partial charge in [-0.25, -0.2) is 8.42 Å². The van der Waals surface area contributed by atoms with Crippen molar-refractivity contribution in [1.82, 2.24) is 4.98 Å². The zero-order valence-corrected chi connectivity index (χ0v) is 15.3. The monoisotopic (exact) mass is 370 g/mol. The smallest absolute Gasteiger partial charge is 0.261 e. The predicted octanol–water partition coefficient (Wildman–Crippen LogP) is 4.20. The van der Waals surface area contributed by atoms with Crippen LogP contribution in [0.3, 0.4) is 0 Å². The van der Waals surface area contributed by atoms with E-state index in [9.17, 15) is 8.42 Å². The van der Waals surface area contributed by atoms with Gasteiger partial charge in [0, 0.05) is 23.0 Å². The van der Waals surface area contributed by atoms with Gasteiger partial charge in [0.2, 0.25) is 0 Å². The molecule has 1 aromatic heterocycles. The Hall–Kier alpha value is -2.31. The highest BCUT2D eigenvalue weighted by Gasteiger charge is 2.13. The highest BCUT2D eigenvalue weighted by molar-refractivity contribution is 7.98. The maximum Gasteiger partial charge on any atom is 0.261 e. The number of aromatic nitrogens is 1. The van der Waals surface area contributed by atoms with E-state index in [1.165, 1.54) is 0 Å². The summed E-state index contributed by atoms with van der Waals surface area (Å²) < 4.78 is 27.5. The van der Waals surface area contributed by atoms with Crippen LogP contribution in [0.25, 0.3) is 0 Å². The lowest BCUT2D eigenvalue weighted by molar-refractivity contribution is 0.601. The summed E-state index contributed by atoms with van der Waals surface area (Å²) in [5.74, 6) is 0. The number of nitrogens with one attached hydrogen (secondary N) is 1. The quantitative estimate of drug-likeness (QED) is 0.661. The molecule has 1 heterocycles. The predicted molar refractivity (Wildman–Crippen MR) is 103 cm³/mol. The van der Waals surface area contributed by atoms with Crippen LogP contribution in [-0.2, 0) is 16.4 Å². The highest BCUT2D eigenvalue weighted by Crippen LogP contribution is 2.21. The van der Waals surface area contributed by atoms with Crippen molar-refractivity contribution >= 4 is 27.5 Å². The fraction of sp³-hybridized carbons (Fsp3) is 0.105. The summed E-state index contributed by atoms with van der Waals surface area (Å²) in [5, 5.41) is 0. The molecule has 25 heavy (non-hydrogen) atoms. The molecule has 0 atom stereocenters. The fourth-order valence-electron chi connectivity index (χ4n) is 2.40. The largest absolute Gasteiger partial charge is 0.280 e. The molecule has 0 unspecified atom stereocenters. The topological polar surface area (TPSA) is 59.1 Å². The zero-order valence-electron chi connectivity index (χ0n) is 13.7. The highest BCUT2D eigenvalue weighted by atomic mass is 32.2. The second-order valence-electron chi connectivity index (χ2n) is 5.51. The molecule has 0 saturated heterocycles.